The van der Waals surface area contributed by atoms with E-state index in [0.717, 1.165) is 27.6 Å². The summed E-state index contributed by atoms with van der Waals surface area (Å²) in [6.45, 7) is 8.22. The van der Waals surface area contributed by atoms with Crippen LogP contribution < -0.4 is 16.0 Å². The zero-order valence-corrected chi connectivity index (χ0v) is 25.2. The zero-order chi connectivity index (χ0) is 28.6. The normalized spacial score (nSPS) is 18.5. The third kappa shape index (κ3) is 5.57. The van der Waals surface area contributed by atoms with Gasteiger partial charge in [0.15, 0.2) is 10.1 Å². The van der Waals surface area contributed by atoms with Crippen molar-refractivity contribution in [2.45, 2.75) is 57.2 Å². The van der Waals surface area contributed by atoms with E-state index in [1.54, 1.807) is 16.2 Å². The van der Waals surface area contributed by atoms with E-state index >= 15 is 0 Å². The van der Waals surface area contributed by atoms with Crippen LogP contribution in [-0.2, 0) is 16.0 Å². The molecule has 0 spiro atoms. The number of nitrogens with two attached hydrogens (primary N) is 1. The zero-order valence-electron chi connectivity index (χ0n) is 22.8. The van der Waals surface area contributed by atoms with E-state index in [2.05, 4.69) is 42.4 Å². The average Bonchev–Trinajstić information content (AvgIpc) is 3.55. The van der Waals surface area contributed by atoms with Crippen molar-refractivity contribution in [2.24, 2.45) is 11.1 Å². The number of anilines is 2. The standard InChI is InChI=1S/C29H30N6O2S3/c1-5-17-7-9-18(10-8-17)32-23(37)15-38-28-34-33-27(40-28)35-20-12-29(3,4)13-21(36)25(20)24(19(14-30)26(35)31)22-11-6-16(2)39-22/h6-11,24H,5,12-13,15,31H2,1-4H3,(H,32,37). The van der Waals surface area contributed by atoms with E-state index in [-0.39, 0.29) is 28.7 Å². The fourth-order valence-corrected chi connectivity index (χ4v) is 7.80. The Hall–Kier alpha value is -3.46. The molecule has 206 valence electrons. The molecule has 40 heavy (non-hydrogen) atoms. The van der Waals surface area contributed by atoms with Crippen LogP contribution in [0.25, 0.3) is 0 Å². The maximum absolute atomic E-state index is 13.6. The third-order valence-electron chi connectivity index (χ3n) is 6.99. The van der Waals surface area contributed by atoms with Gasteiger partial charge in [-0.25, -0.2) is 0 Å². The number of hydrogen-bond donors (Lipinski definition) is 2. The summed E-state index contributed by atoms with van der Waals surface area (Å²) >= 11 is 4.14. The number of carbonyl (C=O) groups excluding carboxylic acids is 2. The van der Waals surface area contributed by atoms with Crippen LogP contribution in [0.3, 0.4) is 0 Å². The minimum atomic E-state index is -0.490. The summed E-state index contributed by atoms with van der Waals surface area (Å²) < 4.78 is 0.595. The summed E-state index contributed by atoms with van der Waals surface area (Å²) in [6, 6.07) is 14.1. The van der Waals surface area contributed by atoms with Gasteiger partial charge in [-0.05, 0) is 55.0 Å². The molecule has 0 radical (unpaired) electrons. The van der Waals surface area contributed by atoms with E-state index in [1.165, 1.54) is 28.7 Å². The van der Waals surface area contributed by atoms with Crippen molar-refractivity contribution in [1.82, 2.24) is 10.2 Å². The highest BCUT2D eigenvalue weighted by atomic mass is 32.2. The summed E-state index contributed by atoms with van der Waals surface area (Å²) in [5, 5.41) is 22.3. The van der Waals surface area contributed by atoms with Gasteiger partial charge in [0.1, 0.15) is 5.82 Å². The number of nitriles is 1. The van der Waals surface area contributed by atoms with Crippen LogP contribution in [-0.4, -0.2) is 27.6 Å². The van der Waals surface area contributed by atoms with Crippen LogP contribution in [0, 0.1) is 23.7 Å². The van der Waals surface area contributed by atoms with Crippen LogP contribution in [0.4, 0.5) is 10.8 Å². The molecular weight excluding hydrogens is 561 g/mol. The van der Waals surface area contributed by atoms with Crippen molar-refractivity contribution in [3.8, 4) is 6.07 Å². The molecule has 1 aliphatic carbocycles. The topological polar surface area (TPSA) is 125 Å². The van der Waals surface area contributed by atoms with Gasteiger partial charge in [-0.15, -0.1) is 21.5 Å². The highest BCUT2D eigenvalue weighted by Crippen LogP contribution is 2.51. The fraction of sp³-hybridized carbons (Fsp3) is 0.345. The van der Waals surface area contributed by atoms with Crippen molar-refractivity contribution in [2.75, 3.05) is 16.0 Å². The Morgan fingerprint density at radius 2 is 1.95 bits per heavy atom. The summed E-state index contributed by atoms with van der Waals surface area (Å²) in [5.74, 6) is -0.179. The largest absolute Gasteiger partial charge is 0.384 e. The lowest BCUT2D eigenvalue weighted by molar-refractivity contribution is -0.118. The number of nitrogens with one attached hydrogen (secondary N) is 1. The number of allylic oxidation sites excluding steroid dienone is 3. The van der Waals surface area contributed by atoms with Gasteiger partial charge in [-0.1, -0.05) is 56.0 Å². The molecule has 1 aromatic carbocycles. The Kier molecular flexibility index (Phi) is 7.86. The van der Waals surface area contributed by atoms with Gasteiger partial charge in [-0.3, -0.25) is 14.5 Å². The van der Waals surface area contributed by atoms with Crippen molar-refractivity contribution in [3.05, 3.63) is 74.4 Å². The molecule has 0 saturated carbocycles. The molecular formula is C29H30N6O2S3. The molecule has 2 aliphatic rings. The Labute approximate surface area is 246 Å². The molecule has 3 N–H and O–H groups in total. The average molecular weight is 591 g/mol. The minimum Gasteiger partial charge on any atom is -0.384 e. The molecule has 2 aromatic heterocycles. The molecule has 1 amide bonds. The number of amides is 1. The maximum atomic E-state index is 13.6. The van der Waals surface area contributed by atoms with Crippen LogP contribution in [0.5, 0.6) is 0 Å². The van der Waals surface area contributed by atoms with Crippen molar-refractivity contribution in [3.63, 3.8) is 0 Å². The molecule has 5 rings (SSSR count). The number of thioether (sulfide) groups is 1. The molecule has 11 heteroatoms. The number of aryl methyl sites for hydroxylation is 2. The Morgan fingerprint density at radius 1 is 1.20 bits per heavy atom. The van der Waals surface area contributed by atoms with Gasteiger partial charge in [0, 0.05) is 33.1 Å². The predicted molar refractivity (Wildman–Crippen MR) is 161 cm³/mol. The van der Waals surface area contributed by atoms with E-state index in [9.17, 15) is 14.9 Å². The molecule has 1 unspecified atom stereocenters. The number of ketones is 1. The highest BCUT2D eigenvalue weighted by Gasteiger charge is 2.45. The lowest BCUT2D eigenvalue weighted by atomic mass is 9.70. The van der Waals surface area contributed by atoms with Crippen LogP contribution >= 0.6 is 34.4 Å². The number of thiophene rings is 1. The molecule has 8 nitrogen and oxygen atoms in total. The second-order valence-electron chi connectivity index (χ2n) is 10.7. The Bertz CT molecular complexity index is 1580. The number of benzene rings is 1. The lowest BCUT2D eigenvalue weighted by Gasteiger charge is -2.42. The number of hydrogen-bond acceptors (Lipinski definition) is 10. The smallest absolute Gasteiger partial charge is 0.234 e. The first-order valence-corrected chi connectivity index (χ1v) is 15.6. The maximum Gasteiger partial charge on any atom is 0.234 e. The summed E-state index contributed by atoms with van der Waals surface area (Å²) in [6.07, 6.45) is 1.94. The summed E-state index contributed by atoms with van der Waals surface area (Å²) in [5.41, 5.74) is 10.1. The quantitative estimate of drug-likeness (QED) is 0.314. The van der Waals surface area contributed by atoms with Crippen molar-refractivity contribution >= 4 is 56.9 Å². The van der Waals surface area contributed by atoms with E-state index in [4.69, 9.17) is 5.73 Å². The van der Waals surface area contributed by atoms with Crippen LogP contribution in [0.2, 0.25) is 0 Å². The Balaban J connectivity index is 1.42. The monoisotopic (exact) mass is 590 g/mol. The highest BCUT2D eigenvalue weighted by molar-refractivity contribution is 8.01. The van der Waals surface area contributed by atoms with Gasteiger partial charge in [-0.2, -0.15) is 5.26 Å². The van der Waals surface area contributed by atoms with Crippen LogP contribution in [0.1, 0.15) is 54.8 Å². The van der Waals surface area contributed by atoms with E-state index < -0.39 is 5.92 Å². The predicted octanol–water partition coefficient (Wildman–Crippen LogP) is 6.14. The van der Waals surface area contributed by atoms with Gasteiger partial charge in [0.05, 0.1) is 23.3 Å². The number of rotatable bonds is 7. The number of aromatic nitrogens is 2. The second-order valence-corrected chi connectivity index (χ2v) is 14.2. The van der Waals surface area contributed by atoms with E-state index in [0.29, 0.717) is 33.5 Å². The number of Topliss-reactive ketones (excluding diaryl/α,β-unsaturated/α-hetero) is 1. The van der Waals surface area contributed by atoms with Crippen molar-refractivity contribution < 1.29 is 9.59 Å². The number of carbonyl (C=O) groups is 2. The first-order chi connectivity index (χ1) is 19.1. The van der Waals surface area contributed by atoms with Gasteiger partial charge >= 0.3 is 0 Å². The molecule has 0 fully saturated rings. The molecule has 0 saturated heterocycles. The fourth-order valence-electron chi connectivity index (χ4n) is 5.12. The molecule has 3 heterocycles. The second kappa shape index (κ2) is 11.2. The third-order valence-corrected chi connectivity index (χ3v) is 10.1. The first-order valence-electron chi connectivity index (χ1n) is 13.0. The molecule has 1 aliphatic heterocycles. The van der Waals surface area contributed by atoms with E-state index in [1.807, 2.05) is 43.3 Å². The summed E-state index contributed by atoms with van der Waals surface area (Å²) in [4.78, 5) is 29.9. The Morgan fingerprint density at radius 3 is 2.60 bits per heavy atom. The first kappa shape index (κ1) is 28.1. The minimum absolute atomic E-state index is 0.0234. The molecule has 0 bridgehead atoms. The summed E-state index contributed by atoms with van der Waals surface area (Å²) in [7, 11) is 0. The molecule has 3 aromatic rings. The SMILES string of the molecule is CCc1ccc(NC(=O)CSc2nnc(N3C(N)=C(C#N)C(c4ccc(C)s4)C4=C3CC(C)(C)CC4=O)s2)cc1. The lowest BCUT2D eigenvalue weighted by Crippen LogP contribution is -2.42. The van der Waals surface area contributed by atoms with Gasteiger partial charge in [0.25, 0.3) is 0 Å². The molecule has 1 atom stereocenters. The van der Waals surface area contributed by atoms with Gasteiger partial charge < -0.3 is 11.1 Å². The van der Waals surface area contributed by atoms with Gasteiger partial charge in [0.2, 0.25) is 11.0 Å². The van der Waals surface area contributed by atoms with Crippen molar-refractivity contribution in [1.29, 1.82) is 5.26 Å². The number of nitrogens with zero attached hydrogens (tertiary/aromatic N) is 4. The van der Waals surface area contributed by atoms with Crippen LogP contribution in [0.15, 0.2) is 63.4 Å².